The van der Waals surface area contributed by atoms with E-state index in [9.17, 15) is 0 Å². The molecule has 110 valence electrons. The van der Waals surface area contributed by atoms with E-state index in [0.29, 0.717) is 5.96 Å². The van der Waals surface area contributed by atoms with Crippen molar-refractivity contribution in [1.29, 1.82) is 0 Å². The first-order valence-electron chi connectivity index (χ1n) is 8.03. The number of piperidine rings is 1. The van der Waals surface area contributed by atoms with Crippen LogP contribution in [0.2, 0.25) is 0 Å². The van der Waals surface area contributed by atoms with E-state index in [2.05, 4.69) is 22.1 Å². The Balaban J connectivity index is 1.52. The van der Waals surface area contributed by atoms with Crippen LogP contribution in [0.25, 0.3) is 0 Å². The van der Waals surface area contributed by atoms with Gasteiger partial charge in [-0.25, -0.2) is 0 Å². The third-order valence-corrected chi connectivity index (χ3v) is 4.61. The summed E-state index contributed by atoms with van der Waals surface area (Å²) in [6.07, 6.45) is 9.33. The third-order valence-electron chi connectivity index (χ3n) is 4.61. The Labute approximate surface area is 117 Å². The molecule has 3 N–H and O–H groups in total. The van der Waals surface area contributed by atoms with Gasteiger partial charge in [0.25, 0.3) is 0 Å². The first-order valence-corrected chi connectivity index (χ1v) is 8.03. The SMILES string of the molecule is CC1CCCCN1CCCNC(N)=NCC1CCC1. The number of guanidine groups is 1. The maximum absolute atomic E-state index is 5.87. The molecular formula is C15H30N4. The van der Waals surface area contributed by atoms with Crippen molar-refractivity contribution >= 4 is 5.96 Å². The van der Waals surface area contributed by atoms with E-state index in [1.807, 2.05) is 0 Å². The quantitative estimate of drug-likeness (QED) is 0.439. The topological polar surface area (TPSA) is 53.6 Å². The summed E-state index contributed by atoms with van der Waals surface area (Å²) in [5.41, 5.74) is 5.87. The molecule has 0 aromatic heterocycles. The van der Waals surface area contributed by atoms with Crippen molar-refractivity contribution in [3.05, 3.63) is 0 Å². The van der Waals surface area contributed by atoms with E-state index in [1.165, 1.54) is 51.6 Å². The smallest absolute Gasteiger partial charge is 0.188 e. The molecule has 4 nitrogen and oxygen atoms in total. The summed E-state index contributed by atoms with van der Waals surface area (Å²) >= 11 is 0. The van der Waals surface area contributed by atoms with Gasteiger partial charge in [-0.3, -0.25) is 4.99 Å². The summed E-state index contributed by atoms with van der Waals surface area (Å²) in [5, 5.41) is 3.24. The number of aliphatic imine (C=N–C) groups is 1. The van der Waals surface area contributed by atoms with Crippen molar-refractivity contribution in [3.8, 4) is 0 Å². The number of nitrogens with zero attached hydrogens (tertiary/aromatic N) is 2. The molecule has 1 unspecified atom stereocenters. The molecule has 0 aromatic carbocycles. The molecule has 1 aliphatic carbocycles. The summed E-state index contributed by atoms with van der Waals surface area (Å²) in [5.74, 6) is 1.44. The molecule has 2 rings (SSSR count). The fourth-order valence-electron chi connectivity index (χ4n) is 2.95. The molecule has 1 aliphatic heterocycles. The molecule has 2 fully saturated rings. The average Bonchev–Trinajstić information content (AvgIpc) is 2.35. The Hall–Kier alpha value is -0.770. The fourth-order valence-corrected chi connectivity index (χ4v) is 2.95. The zero-order chi connectivity index (χ0) is 13.5. The van der Waals surface area contributed by atoms with Crippen molar-refractivity contribution in [2.75, 3.05) is 26.2 Å². The molecule has 1 atom stereocenters. The second-order valence-corrected chi connectivity index (χ2v) is 6.18. The molecular weight excluding hydrogens is 236 g/mol. The molecule has 1 heterocycles. The van der Waals surface area contributed by atoms with E-state index in [1.54, 1.807) is 0 Å². The number of hydrogen-bond donors (Lipinski definition) is 2. The van der Waals surface area contributed by atoms with Crippen LogP contribution in [0.4, 0.5) is 0 Å². The summed E-state index contributed by atoms with van der Waals surface area (Å²) < 4.78 is 0. The van der Waals surface area contributed by atoms with E-state index < -0.39 is 0 Å². The third kappa shape index (κ3) is 5.01. The van der Waals surface area contributed by atoms with Gasteiger partial charge in [-0.15, -0.1) is 0 Å². The van der Waals surface area contributed by atoms with E-state index in [4.69, 9.17) is 5.73 Å². The number of rotatable bonds is 6. The zero-order valence-corrected chi connectivity index (χ0v) is 12.4. The second-order valence-electron chi connectivity index (χ2n) is 6.18. The van der Waals surface area contributed by atoms with Crippen LogP contribution in [-0.2, 0) is 0 Å². The van der Waals surface area contributed by atoms with Gasteiger partial charge >= 0.3 is 0 Å². The van der Waals surface area contributed by atoms with Crippen LogP contribution in [-0.4, -0.2) is 43.1 Å². The molecule has 0 radical (unpaired) electrons. The summed E-state index contributed by atoms with van der Waals surface area (Å²) in [4.78, 5) is 7.02. The Morgan fingerprint density at radius 1 is 1.26 bits per heavy atom. The van der Waals surface area contributed by atoms with Gasteiger partial charge in [-0.05, 0) is 51.5 Å². The lowest BCUT2D eigenvalue weighted by Gasteiger charge is -2.33. The lowest BCUT2D eigenvalue weighted by atomic mass is 9.86. The highest BCUT2D eigenvalue weighted by molar-refractivity contribution is 5.77. The van der Waals surface area contributed by atoms with Gasteiger partial charge in [0.05, 0.1) is 0 Å². The van der Waals surface area contributed by atoms with Crippen LogP contribution in [0.15, 0.2) is 4.99 Å². The van der Waals surface area contributed by atoms with Crippen LogP contribution in [0.3, 0.4) is 0 Å². The predicted molar refractivity (Wildman–Crippen MR) is 81.3 cm³/mol. The van der Waals surface area contributed by atoms with Crippen molar-refractivity contribution in [3.63, 3.8) is 0 Å². The molecule has 19 heavy (non-hydrogen) atoms. The first-order chi connectivity index (χ1) is 9.25. The molecule has 0 spiro atoms. The molecule has 1 saturated carbocycles. The lowest BCUT2D eigenvalue weighted by Crippen LogP contribution is -2.40. The molecule has 0 bridgehead atoms. The molecule has 4 heteroatoms. The summed E-state index contributed by atoms with van der Waals surface area (Å²) in [7, 11) is 0. The van der Waals surface area contributed by atoms with Crippen LogP contribution in [0.1, 0.15) is 51.9 Å². The monoisotopic (exact) mass is 266 g/mol. The zero-order valence-electron chi connectivity index (χ0n) is 12.4. The van der Waals surface area contributed by atoms with E-state index >= 15 is 0 Å². The standard InChI is InChI=1S/C15H30N4/c1-13-6-2-3-10-19(13)11-5-9-17-15(16)18-12-14-7-4-8-14/h13-14H,2-12H2,1H3,(H3,16,17,18). The molecule has 0 aromatic rings. The summed E-state index contributed by atoms with van der Waals surface area (Å²) in [6.45, 7) is 6.67. The number of hydrogen-bond acceptors (Lipinski definition) is 2. The minimum Gasteiger partial charge on any atom is -0.370 e. The summed E-state index contributed by atoms with van der Waals surface area (Å²) in [6, 6.07) is 0.762. The first kappa shape index (κ1) is 14.6. The Morgan fingerprint density at radius 3 is 2.79 bits per heavy atom. The Kier molecular flexibility index (Phi) is 5.95. The molecule has 1 saturated heterocycles. The lowest BCUT2D eigenvalue weighted by molar-refractivity contribution is 0.159. The second kappa shape index (κ2) is 7.73. The Morgan fingerprint density at radius 2 is 2.11 bits per heavy atom. The van der Waals surface area contributed by atoms with Crippen LogP contribution in [0, 0.1) is 5.92 Å². The normalized spacial score (nSPS) is 26.2. The van der Waals surface area contributed by atoms with Gasteiger partial charge in [0, 0.05) is 25.7 Å². The highest BCUT2D eigenvalue weighted by Crippen LogP contribution is 2.26. The van der Waals surface area contributed by atoms with Gasteiger partial charge in [-0.2, -0.15) is 0 Å². The van der Waals surface area contributed by atoms with Gasteiger partial charge in [0.15, 0.2) is 5.96 Å². The maximum Gasteiger partial charge on any atom is 0.188 e. The maximum atomic E-state index is 5.87. The number of likely N-dealkylation sites (tertiary alicyclic amines) is 1. The van der Waals surface area contributed by atoms with Crippen LogP contribution >= 0.6 is 0 Å². The minimum atomic E-state index is 0.638. The predicted octanol–water partition coefficient (Wildman–Crippen LogP) is 1.96. The fraction of sp³-hybridized carbons (Fsp3) is 0.933. The van der Waals surface area contributed by atoms with Crippen LogP contribution in [0.5, 0.6) is 0 Å². The van der Waals surface area contributed by atoms with Crippen molar-refractivity contribution < 1.29 is 0 Å². The van der Waals surface area contributed by atoms with Crippen molar-refractivity contribution in [2.24, 2.45) is 16.6 Å². The molecule has 0 amide bonds. The highest BCUT2D eigenvalue weighted by Gasteiger charge is 2.17. The van der Waals surface area contributed by atoms with Crippen molar-refractivity contribution in [2.45, 2.75) is 57.9 Å². The van der Waals surface area contributed by atoms with Gasteiger partial charge in [-0.1, -0.05) is 12.8 Å². The van der Waals surface area contributed by atoms with E-state index in [-0.39, 0.29) is 0 Å². The van der Waals surface area contributed by atoms with Crippen LogP contribution < -0.4 is 11.1 Å². The largest absolute Gasteiger partial charge is 0.370 e. The molecule has 2 aliphatic rings. The number of nitrogens with one attached hydrogen (secondary N) is 1. The average molecular weight is 266 g/mol. The highest BCUT2D eigenvalue weighted by atomic mass is 15.2. The van der Waals surface area contributed by atoms with Gasteiger partial charge in [0.2, 0.25) is 0 Å². The van der Waals surface area contributed by atoms with Crippen molar-refractivity contribution in [1.82, 2.24) is 10.2 Å². The number of nitrogens with two attached hydrogens (primary N) is 1. The van der Waals surface area contributed by atoms with E-state index in [0.717, 1.165) is 31.5 Å². The van der Waals surface area contributed by atoms with Gasteiger partial charge in [0.1, 0.15) is 0 Å². The van der Waals surface area contributed by atoms with Gasteiger partial charge < -0.3 is 16.0 Å². The Bertz CT molecular complexity index is 286. The minimum absolute atomic E-state index is 0.638.